The van der Waals surface area contributed by atoms with Gasteiger partial charge in [-0.25, -0.2) is 4.39 Å². The van der Waals surface area contributed by atoms with Crippen LogP contribution in [0.25, 0.3) is 5.69 Å². The number of rotatable bonds is 3. The number of carbonyl (C=O) groups is 1. The van der Waals surface area contributed by atoms with Crippen LogP contribution in [0, 0.1) is 11.7 Å². The Morgan fingerprint density at radius 1 is 1.14 bits per heavy atom. The van der Waals surface area contributed by atoms with Crippen molar-refractivity contribution in [2.45, 2.75) is 44.6 Å². The van der Waals surface area contributed by atoms with Gasteiger partial charge in [-0.05, 0) is 55.9 Å². The Kier molecular flexibility index (Phi) is 5.15. The summed E-state index contributed by atoms with van der Waals surface area (Å²) in [5.74, 6) is 0.106. The molecule has 1 aliphatic carbocycles. The number of piperidine rings is 1. The standard InChI is InChI=1S/C21H24FN3O3/c1-28-18-13-19(26)25(16-10-8-15(22)9-11-16)23-20(18)21(27)24-12-4-6-14-5-2-3-7-17(14)24/h8-11,13-14,17H,2-7,12H2,1H3. The maximum absolute atomic E-state index is 13.4. The number of methoxy groups -OCH3 is 1. The third-order valence-corrected chi connectivity index (χ3v) is 5.89. The zero-order valence-electron chi connectivity index (χ0n) is 15.9. The van der Waals surface area contributed by atoms with E-state index >= 15 is 0 Å². The van der Waals surface area contributed by atoms with Gasteiger partial charge < -0.3 is 9.64 Å². The molecule has 1 saturated heterocycles. The van der Waals surface area contributed by atoms with Crippen molar-refractivity contribution >= 4 is 5.91 Å². The molecular weight excluding hydrogens is 361 g/mol. The van der Waals surface area contributed by atoms with Crippen LogP contribution in [0.15, 0.2) is 35.1 Å². The molecule has 0 spiro atoms. The molecule has 28 heavy (non-hydrogen) atoms. The molecule has 1 aromatic carbocycles. The van der Waals surface area contributed by atoms with Crippen molar-refractivity contribution in [2.24, 2.45) is 5.92 Å². The monoisotopic (exact) mass is 385 g/mol. The fourth-order valence-electron chi connectivity index (χ4n) is 4.52. The zero-order valence-corrected chi connectivity index (χ0v) is 15.9. The lowest BCUT2D eigenvalue weighted by atomic mass is 9.78. The smallest absolute Gasteiger partial charge is 0.278 e. The van der Waals surface area contributed by atoms with Gasteiger partial charge in [0.15, 0.2) is 11.4 Å². The number of likely N-dealkylation sites (tertiary alicyclic amines) is 1. The third kappa shape index (κ3) is 3.41. The third-order valence-electron chi connectivity index (χ3n) is 5.89. The predicted octanol–water partition coefficient (Wildman–Crippen LogP) is 3.18. The van der Waals surface area contributed by atoms with E-state index in [9.17, 15) is 14.0 Å². The minimum absolute atomic E-state index is 0.123. The first-order valence-electron chi connectivity index (χ1n) is 9.84. The van der Waals surface area contributed by atoms with Crippen molar-refractivity contribution in [2.75, 3.05) is 13.7 Å². The molecule has 148 valence electrons. The molecule has 7 heteroatoms. The number of ether oxygens (including phenoxy) is 1. The largest absolute Gasteiger partial charge is 0.494 e. The second-order valence-corrected chi connectivity index (χ2v) is 7.54. The number of carbonyl (C=O) groups excluding carboxylic acids is 1. The Morgan fingerprint density at radius 3 is 2.61 bits per heavy atom. The highest BCUT2D eigenvalue weighted by Crippen LogP contribution is 2.36. The highest BCUT2D eigenvalue weighted by atomic mass is 19.1. The number of nitrogens with zero attached hydrogens (tertiary/aromatic N) is 3. The second-order valence-electron chi connectivity index (χ2n) is 7.54. The van der Waals surface area contributed by atoms with Crippen molar-refractivity contribution in [3.05, 3.63) is 52.2 Å². The van der Waals surface area contributed by atoms with Gasteiger partial charge in [0, 0.05) is 12.6 Å². The van der Waals surface area contributed by atoms with Gasteiger partial charge >= 0.3 is 0 Å². The maximum atomic E-state index is 13.4. The number of amides is 1. The van der Waals surface area contributed by atoms with Gasteiger partial charge in [-0.2, -0.15) is 9.78 Å². The molecule has 6 nitrogen and oxygen atoms in total. The molecule has 2 unspecified atom stereocenters. The SMILES string of the molecule is COc1cc(=O)n(-c2ccc(F)cc2)nc1C(=O)N1CCCC2CCCCC21. The summed E-state index contributed by atoms with van der Waals surface area (Å²) >= 11 is 0. The van der Waals surface area contributed by atoms with E-state index in [0.29, 0.717) is 18.2 Å². The van der Waals surface area contributed by atoms with Crippen LogP contribution >= 0.6 is 0 Å². The molecule has 2 aliphatic rings. The van der Waals surface area contributed by atoms with Crippen molar-refractivity contribution < 1.29 is 13.9 Å². The Labute approximate surface area is 162 Å². The maximum Gasteiger partial charge on any atom is 0.278 e. The van der Waals surface area contributed by atoms with Crippen LogP contribution in [0.2, 0.25) is 0 Å². The lowest BCUT2D eigenvalue weighted by Gasteiger charge is -2.44. The van der Waals surface area contributed by atoms with E-state index in [1.165, 1.54) is 43.9 Å². The summed E-state index contributed by atoms with van der Waals surface area (Å²) in [7, 11) is 1.43. The number of hydrogen-bond donors (Lipinski definition) is 0. The van der Waals surface area contributed by atoms with E-state index in [0.717, 1.165) is 36.8 Å². The molecular formula is C21H24FN3O3. The number of benzene rings is 1. The highest BCUT2D eigenvalue weighted by Gasteiger charge is 2.37. The minimum Gasteiger partial charge on any atom is -0.494 e. The summed E-state index contributed by atoms with van der Waals surface area (Å²) in [5, 5.41) is 4.32. The van der Waals surface area contributed by atoms with Crippen molar-refractivity contribution in [3.8, 4) is 11.4 Å². The van der Waals surface area contributed by atoms with Gasteiger partial charge in [0.1, 0.15) is 5.82 Å². The van der Waals surface area contributed by atoms with Gasteiger partial charge in [0.25, 0.3) is 11.5 Å². The molecule has 4 rings (SSSR count). The quantitative estimate of drug-likeness (QED) is 0.814. The number of fused-ring (bicyclic) bond motifs is 1. The van der Waals surface area contributed by atoms with E-state index in [2.05, 4.69) is 5.10 Å². The summed E-state index contributed by atoms with van der Waals surface area (Å²) in [4.78, 5) is 27.8. The van der Waals surface area contributed by atoms with Crippen molar-refractivity contribution in [1.82, 2.24) is 14.7 Å². The van der Waals surface area contributed by atoms with Crippen LogP contribution in [0.5, 0.6) is 5.75 Å². The predicted molar refractivity (Wildman–Crippen MR) is 102 cm³/mol. The summed E-state index contributed by atoms with van der Waals surface area (Å²) in [6.45, 7) is 0.695. The molecule has 2 atom stereocenters. The summed E-state index contributed by atoms with van der Waals surface area (Å²) < 4.78 is 19.7. The minimum atomic E-state index is -0.436. The first kappa shape index (κ1) is 18.7. The second kappa shape index (κ2) is 7.73. The van der Waals surface area contributed by atoms with Crippen LogP contribution in [0.3, 0.4) is 0 Å². The Morgan fingerprint density at radius 2 is 1.86 bits per heavy atom. The molecule has 2 aromatic rings. The van der Waals surface area contributed by atoms with Gasteiger partial charge in [0.2, 0.25) is 0 Å². The first-order valence-corrected chi connectivity index (χ1v) is 9.84. The number of aromatic nitrogens is 2. The Balaban J connectivity index is 1.73. The molecule has 2 heterocycles. The van der Waals surface area contributed by atoms with Gasteiger partial charge in [0.05, 0.1) is 18.9 Å². The average molecular weight is 385 g/mol. The van der Waals surface area contributed by atoms with Gasteiger partial charge in [-0.15, -0.1) is 0 Å². The fraction of sp³-hybridized carbons (Fsp3) is 0.476. The topological polar surface area (TPSA) is 64.4 Å². The van der Waals surface area contributed by atoms with E-state index in [1.54, 1.807) is 0 Å². The van der Waals surface area contributed by atoms with E-state index in [1.807, 2.05) is 4.90 Å². The lowest BCUT2D eigenvalue weighted by Crippen LogP contribution is -2.50. The van der Waals surface area contributed by atoms with Gasteiger partial charge in [-0.1, -0.05) is 12.8 Å². The number of halogens is 1. The highest BCUT2D eigenvalue weighted by molar-refractivity contribution is 5.95. The summed E-state index contributed by atoms with van der Waals surface area (Å²) in [6, 6.07) is 6.93. The molecule has 1 saturated carbocycles. The molecule has 0 N–H and O–H groups in total. The molecule has 0 bridgehead atoms. The fourth-order valence-corrected chi connectivity index (χ4v) is 4.52. The normalized spacial score (nSPS) is 21.9. The molecule has 0 radical (unpaired) electrons. The van der Waals surface area contributed by atoms with E-state index < -0.39 is 11.4 Å². The summed E-state index contributed by atoms with van der Waals surface area (Å²) in [6.07, 6.45) is 6.66. The van der Waals surface area contributed by atoms with Crippen molar-refractivity contribution in [3.63, 3.8) is 0 Å². The molecule has 2 fully saturated rings. The van der Waals surface area contributed by atoms with Crippen molar-refractivity contribution in [1.29, 1.82) is 0 Å². The molecule has 1 aromatic heterocycles. The van der Waals surface area contributed by atoms with Crippen LogP contribution in [-0.4, -0.2) is 40.3 Å². The summed E-state index contributed by atoms with van der Waals surface area (Å²) in [5.41, 5.74) is 0.0872. The Bertz CT molecular complexity index is 923. The van der Waals surface area contributed by atoms with Crippen LogP contribution in [-0.2, 0) is 0 Å². The first-order chi connectivity index (χ1) is 13.6. The molecule has 1 aliphatic heterocycles. The molecule has 1 amide bonds. The zero-order chi connectivity index (χ0) is 19.7. The lowest BCUT2D eigenvalue weighted by molar-refractivity contribution is 0.0380. The van der Waals surface area contributed by atoms with E-state index in [-0.39, 0.29) is 23.4 Å². The van der Waals surface area contributed by atoms with Crippen LogP contribution in [0.1, 0.15) is 49.0 Å². The van der Waals surface area contributed by atoms with E-state index in [4.69, 9.17) is 4.74 Å². The number of hydrogen-bond acceptors (Lipinski definition) is 4. The van der Waals surface area contributed by atoms with Gasteiger partial charge in [-0.3, -0.25) is 9.59 Å². The van der Waals surface area contributed by atoms with Crippen LogP contribution < -0.4 is 10.3 Å². The van der Waals surface area contributed by atoms with Crippen LogP contribution in [0.4, 0.5) is 4.39 Å². The Hall–Kier alpha value is -2.70. The average Bonchev–Trinajstić information content (AvgIpc) is 2.73.